The first kappa shape index (κ1) is 32.7. The Bertz CT molecular complexity index is 1110. The first-order chi connectivity index (χ1) is 20.4. The van der Waals surface area contributed by atoms with Gasteiger partial charge in [0.25, 0.3) is 0 Å². The van der Waals surface area contributed by atoms with Crippen molar-refractivity contribution >= 4 is 0 Å². The molecule has 1 N–H and O–H groups in total. The van der Waals surface area contributed by atoms with E-state index in [0.717, 1.165) is 24.0 Å². The summed E-state index contributed by atoms with van der Waals surface area (Å²) in [6, 6.07) is 20.0. The molecule has 4 rings (SSSR count). The van der Waals surface area contributed by atoms with Gasteiger partial charge in [-0.25, -0.2) is 0 Å². The maximum atomic E-state index is 11.1. The third kappa shape index (κ3) is 8.44. The minimum absolute atomic E-state index is 0.172. The van der Waals surface area contributed by atoms with Crippen molar-refractivity contribution in [3.63, 3.8) is 0 Å². The van der Waals surface area contributed by atoms with Crippen molar-refractivity contribution < 1.29 is 28.8 Å². The first-order valence-corrected chi connectivity index (χ1v) is 15.8. The maximum absolute atomic E-state index is 11.1. The Morgan fingerprint density at radius 1 is 0.857 bits per heavy atom. The second-order valence-corrected chi connectivity index (χ2v) is 12.1. The van der Waals surface area contributed by atoms with Crippen molar-refractivity contribution in [2.75, 3.05) is 19.8 Å². The SMILES string of the molecule is CCCCCCCCCCC#CC12COC(C)(C)OC1(CO)C(OCc1ccccc1)C(COCc1ccccc1)O2. The Balaban J connectivity index is 1.50. The molecule has 4 unspecified atom stereocenters. The molecule has 0 radical (unpaired) electrons. The van der Waals surface area contributed by atoms with E-state index in [2.05, 4.69) is 18.8 Å². The number of fused-ring (bicyclic) bond motifs is 1. The van der Waals surface area contributed by atoms with Gasteiger partial charge in [0.2, 0.25) is 0 Å². The van der Waals surface area contributed by atoms with E-state index in [1.54, 1.807) is 0 Å². The van der Waals surface area contributed by atoms with E-state index in [1.165, 1.54) is 44.9 Å². The third-order valence-electron chi connectivity index (χ3n) is 8.23. The third-order valence-corrected chi connectivity index (χ3v) is 8.23. The molecule has 0 saturated carbocycles. The molecule has 2 heterocycles. The molecule has 2 fully saturated rings. The van der Waals surface area contributed by atoms with Gasteiger partial charge in [0.05, 0.1) is 33.0 Å². The standard InChI is InChI=1S/C36H50O6/c1-4-5-6-7-8-9-10-11-12-19-24-35-29-40-34(2,3)42-36(35,28-37)33(39-26-31-22-17-14-18-23-31)32(41-35)27-38-25-30-20-15-13-16-21-30/h13-18,20-23,32-33,37H,4-12,25-29H2,1-3H3. The monoisotopic (exact) mass is 578 g/mol. The lowest BCUT2D eigenvalue weighted by molar-refractivity contribution is -0.364. The summed E-state index contributed by atoms with van der Waals surface area (Å²) in [5.74, 6) is 5.82. The minimum atomic E-state index is -1.24. The van der Waals surface area contributed by atoms with Gasteiger partial charge < -0.3 is 28.8 Å². The van der Waals surface area contributed by atoms with Crippen molar-refractivity contribution in [2.45, 2.75) is 121 Å². The number of hydrogen-bond donors (Lipinski definition) is 1. The normalized spacial score (nSPS) is 26.4. The number of hydrogen-bond acceptors (Lipinski definition) is 6. The quantitative estimate of drug-likeness (QED) is 0.171. The fraction of sp³-hybridized carbons (Fsp3) is 0.611. The van der Waals surface area contributed by atoms with Crippen LogP contribution in [0.15, 0.2) is 60.7 Å². The van der Waals surface area contributed by atoms with E-state index in [1.807, 2.05) is 74.5 Å². The van der Waals surface area contributed by atoms with Crippen molar-refractivity contribution in [2.24, 2.45) is 0 Å². The predicted molar refractivity (Wildman–Crippen MR) is 165 cm³/mol. The van der Waals surface area contributed by atoms with Gasteiger partial charge in [-0.3, -0.25) is 0 Å². The molecule has 0 bridgehead atoms. The predicted octanol–water partition coefficient (Wildman–Crippen LogP) is 6.97. The van der Waals surface area contributed by atoms with Gasteiger partial charge in [0.15, 0.2) is 17.0 Å². The van der Waals surface area contributed by atoms with Crippen molar-refractivity contribution in [3.05, 3.63) is 71.8 Å². The van der Waals surface area contributed by atoms with E-state index in [0.29, 0.717) is 13.2 Å². The first-order valence-electron chi connectivity index (χ1n) is 15.8. The molecule has 42 heavy (non-hydrogen) atoms. The zero-order valence-electron chi connectivity index (χ0n) is 25.8. The summed E-state index contributed by atoms with van der Waals surface area (Å²) in [4.78, 5) is 0. The van der Waals surface area contributed by atoms with Gasteiger partial charge in [-0.1, -0.05) is 118 Å². The molecule has 0 aromatic heterocycles. The number of rotatable bonds is 16. The van der Waals surface area contributed by atoms with Gasteiger partial charge in [0.1, 0.15) is 12.2 Å². The summed E-state index contributed by atoms with van der Waals surface area (Å²) >= 11 is 0. The average Bonchev–Trinajstić information content (AvgIpc) is 3.26. The van der Waals surface area contributed by atoms with Crippen LogP contribution < -0.4 is 0 Å². The second kappa shape index (κ2) is 16.0. The van der Waals surface area contributed by atoms with E-state index < -0.39 is 29.2 Å². The summed E-state index contributed by atoms with van der Waals surface area (Å²) in [6.07, 6.45) is 9.60. The largest absolute Gasteiger partial charge is 0.393 e. The van der Waals surface area contributed by atoms with Crippen LogP contribution in [0.4, 0.5) is 0 Å². The Hall–Kier alpha value is -2.24. The van der Waals surface area contributed by atoms with Gasteiger partial charge in [0, 0.05) is 6.42 Å². The molecule has 2 aliphatic heterocycles. The molecule has 2 aliphatic rings. The summed E-state index contributed by atoms with van der Waals surface area (Å²) in [7, 11) is 0. The highest BCUT2D eigenvalue weighted by atomic mass is 16.8. The number of aliphatic hydroxyl groups is 1. The fourth-order valence-corrected chi connectivity index (χ4v) is 5.95. The van der Waals surface area contributed by atoms with Crippen LogP contribution in [0.3, 0.4) is 0 Å². The highest BCUT2D eigenvalue weighted by Crippen LogP contribution is 2.50. The Kier molecular flexibility index (Phi) is 12.5. The lowest BCUT2D eigenvalue weighted by Crippen LogP contribution is -2.69. The number of unbranched alkanes of at least 4 members (excludes halogenated alkanes) is 8. The van der Waals surface area contributed by atoms with Gasteiger partial charge in [-0.05, 0) is 31.4 Å². The lowest BCUT2D eigenvalue weighted by Gasteiger charge is -2.51. The highest BCUT2D eigenvalue weighted by Gasteiger charge is 2.71. The van der Waals surface area contributed by atoms with Crippen LogP contribution in [0, 0.1) is 11.8 Å². The number of benzene rings is 2. The van der Waals surface area contributed by atoms with Crippen LogP contribution in [-0.2, 0) is 36.9 Å². The molecule has 6 heteroatoms. The molecule has 2 aromatic carbocycles. The Labute approximate surface area is 253 Å². The number of ether oxygens (including phenoxy) is 5. The summed E-state index contributed by atoms with van der Waals surface area (Å²) in [5.41, 5.74) is -0.317. The van der Waals surface area contributed by atoms with E-state index >= 15 is 0 Å². The summed E-state index contributed by atoms with van der Waals surface area (Å²) in [5, 5.41) is 11.1. The molecule has 2 aromatic rings. The molecular weight excluding hydrogens is 528 g/mol. The second-order valence-electron chi connectivity index (χ2n) is 12.1. The van der Waals surface area contributed by atoms with Crippen LogP contribution in [-0.4, -0.2) is 54.1 Å². The van der Waals surface area contributed by atoms with Crippen LogP contribution in [0.2, 0.25) is 0 Å². The Morgan fingerprint density at radius 3 is 2.12 bits per heavy atom. The number of aliphatic hydroxyl groups excluding tert-OH is 1. The topological polar surface area (TPSA) is 66.4 Å². The molecule has 0 amide bonds. The fourth-order valence-electron chi connectivity index (χ4n) is 5.95. The van der Waals surface area contributed by atoms with E-state index in [-0.39, 0.29) is 19.8 Å². The van der Waals surface area contributed by atoms with Crippen LogP contribution in [0.5, 0.6) is 0 Å². The van der Waals surface area contributed by atoms with E-state index in [4.69, 9.17) is 23.7 Å². The Morgan fingerprint density at radius 2 is 1.48 bits per heavy atom. The van der Waals surface area contributed by atoms with Crippen molar-refractivity contribution in [1.82, 2.24) is 0 Å². The zero-order valence-corrected chi connectivity index (χ0v) is 25.8. The molecular formula is C36H50O6. The van der Waals surface area contributed by atoms with Gasteiger partial charge in [-0.15, -0.1) is 5.92 Å². The minimum Gasteiger partial charge on any atom is -0.393 e. The zero-order chi connectivity index (χ0) is 29.7. The van der Waals surface area contributed by atoms with E-state index in [9.17, 15) is 5.11 Å². The molecule has 2 saturated heterocycles. The highest BCUT2D eigenvalue weighted by molar-refractivity contribution is 5.31. The molecule has 4 atom stereocenters. The summed E-state index contributed by atoms with van der Waals surface area (Å²) < 4.78 is 32.2. The van der Waals surface area contributed by atoms with Crippen molar-refractivity contribution in [1.29, 1.82) is 0 Å². The van der Waals surface area contributed by atoms with Crippen LogP contribution in [0.1, 0.15) is 89.7 Å². The van der Waals surface area contributed by atoms with Gasteiger partial charge in [-0.2, -0.15) is 0 Å². The van der Waals surface area contributed by atoms with Crippen LogP contribution in [0.25, 0.3) is 0 Å². The smallest absolute Gasteiger partial charge is 0.186 e. The lowest BCUT2D eigenvalue weighted by atomic mass is 9.79. The van der Waals surface area contributed by atoms with Gasteiger partial charge >= 0.3 is 0 Å². The molecule has 0 spiro atoms. The van der Waals surface area contributed by atoms with Crippen molar-refractivity contribution in [3.8, 4) is 11.8 Å². The van der Waals surface area contributed by atoms with Crippen LogP contribution >= 0.6 is 0 Å². The molecule has 0 aliphatic carbocycles. The molecule has 230 valence electrons. The summed E-state index contributed by atoms with van der Waals surface area (Å²) in [6.45, 7) is 6.87. The average molecular weight is 579 g/mol. The molecule has 6 nitrogen and oxygen atoms in total. The maximum Gasteiger partial charge on any atom is 0.186 e.